The lowest BCUT2D eigenvalue weighted by Gasteiger charge is -2.03. The van der Waals surface area contributed by atoms with Gasteiger partial charge in [-0.15, -0.1) is 11.3 Å². The number of anilines is 1. The molecule has 2 amide bonds. The Balaban J connectivity index is 1.76. The summed E-state index contributed by atoms with van der Waals surface area (Å²) < 4.78 is 4.96. The van der Waals surface area contributed by atoms with Gasteiger partial charge in [0.2, 0.25) is 5.91 Å². The molecule has 2 N–H and O–H groups in total. The Labute approximate surface area is 126 Å². The first-order valence-electron chi connectivity index (χ1n) is 6.68. The number of nitrogens with zero attached hydrogens (tertiary/aromatic N) is 1. The van der Waals surface area contributed by atoms with Crippen molar-refractivity contribution in [3.05, 3.63) is 34.7 Å². The molecule has 7 heteroatoms. The summed E-state index contributed by atoms with van der Waals surface area (Å²) in [4.78, 5) is 28.8. The van der Waals surface area contributed by atoms with Crippen LogP contribution in [0.25, 0.3) is 0 Å². The van der Waals surface area contributed by atoms with E-state index in [1.54, 1.807) is 12.1 Å². The normalized spacial score (nSPS) is 10.4. The number of hydrogen-bond donors (Lipinski definition) is 2. The van der Waals surface area contributed by atoms with E-state index in [1.165, 1.54) is 17.6 Å². The van der Waals surface area contributed by atoms with Crippen molar-refractivity contribution in [2.75, 3.05) is 11.9 Å². The average molecular weight is 307 g/mol. The fourth-order valence-electron chi connectivity index (χ4n) is 1.78. The van der Waals surface area contributed by atoms with Gasteiger partial charge in [0.25, 0.3) is 5.91 Å². The zero-order valence-electron chi connectivity index (χ0n) is 11.9. The second-order valence-electron chi connectivity index (χ2n) is 4.41. The van der Waals surface area contributed by atoms with E-state index in [4.69, 9.17) is 4.42 Å². The van der Waals surface area contributed by atoms with Crippen molar-refractivity contribution in [2.45, 2.75) is 26.7 Å². The lowest BCUT2D eigenvalue weighted by Crippen LogP contribution is -2.27. The number of thiazole rings is 1. The largest absolute Gasteiger partial charge is 0.459 e. The maximum Gasteiger partial charge on any atom is 0.286 e. The van der Waals surface area contributed by atoms with Crippen LogP contribution in [0.3, 0.4) is 0 Å². The van der Waals surface area contributed by atoms with Crippen molar-refractivity contribution in [3.63, 3.8) is 0 Å². The minimum absolute atomic E-state index is 0.175. The molecule has 21 heavy (non-hydrogen) atoms. The topological polar surface area (TPSA) is 84.2 Å². The van der Waals surface area contributed by atoms with E-state index in [2.05, 4.69) is 15.6 Å². The Morgan fingerprint density at radius 1 is 1.43 bits per heavy atom. The fraction of sp³-hybridized carbons (Fsp3) is 0.357. The third kappa shape index (κ3) is 4.16. The standard InChI is InChI=1S/C14H17N3O3S/c1-3-10-9(2)21-14(16-10)17-12(18)6-7-15-13(19)11-5-4-8-20-11/h4-5,8H,3,6-7H2,1-2H3,(H,15,19)(H,16,17,18). The van der Waals surface area contributed by atoms with Crippen LogP contribution in [0.15, 0.2) is 22.8 Å². The van der Waals surface area contributed by atoms with Gasteiger partial charge >= 0.3 is 0 Å². The van der Waals surface area contributed by atoms with Crippen molar-refractivity contribution < 1.29 is 14.0 Å². The monoisotopic (exact) mass is 307 g/mol. The molecule has 2 aromatic rings. The zero-order chi connectivity index (χ0) is 15.2. The molecule has 0 radical (unpaired) electrons. The number of furan rings is 1. The van der Waals surface area contributed by atoms with E-state index in [0.29, 0.717) is 5.13 Å². The number of amides is 2. The molecule has 112 valence electrons. The van der Waals surface area contributed by atoms with Gasteiger partial charge < -0.3 is 15.1 Å². The maximum absolute atomic E-state index is 11.8. The third-order valence-corrected chi connectivity index (χ3v) is 3.79. The summed E-state index contributed by atoms with van der Waals surface area (Å²) in [6.07, 6.45) is 2.46. The van der Waals surface area contributed by atoms with Gasteiger partial charge in [-0.2, -0.15) is 0 Å². The van der Waals surface area contributed by atoms with Crippen LogP contribution in [0.1, 0.15) is 34.5 Å². The van der Waals surface area contributed by atoms with Crippen LogP contribution in [0.4, 0.5) is 5.13 Å². The van der Waals surface area contributed by atoms with Gasteiger partial charge in [0.1, 0.15) is 0 Å². The van der Waals surface area contributed by atoms with E-state index < -0.39 is 0 Å². The van der Waals surface area contributed by atoms with E-state index >= 15 is 0 Å². The molecule has 0 saturated heterocycles. The second kappa shape index (κ2) is 7.03. The van der Waals surface area contributed by atoms with E-state index in [-0.39, 0.29) is 30.5 Å². The Kier molecular flexibility index (Phi) is 5.10. The zero-order valence-corrected chi connectivity index (χ0v) is 12.8. The van der Waals surface area contributed by atoms with Gasteiger partial charge in [0.15, 0.2) is 10.9 Å². The highest BCUT2D eigenvalue weighted by atomic mass is 32.1. The van der Waals surface area contributed by atoms with Crippen molar-refractivity contribution >= 4 is 28.3 Å². The number of aryl methyl sites for hydroxylation is 2. The van der Waals surface area contributed by atoms with Gasteiger partial charge in [-0.3, -0.25) is 9.59 Å². The van der Waals surface area contributed by atoms with Gasteiger partial charge in [-0.1, -0.05) is 6.92 Å². The van der Waals surface area contributed by atoms with Crippen LogP contribution in [0.2, 0.25) is 0 Å². The maximum atomic E-state index is 11.8. The number of aromatic nitrogens is 1. The molecule has 0 saturated carbocycles. The minimum Gasteiger partial charge on any atom is -0.459 e. The lowest BCUT2D eigenvalue weighted by molar-refractivity contribution is -0.116. The molecule has 2 heterocycles. The quantitative estimate of drug-likeness (QED) is 0.858. The van der Waals surface area contributed by atoms with Crippen LogP contribution in [-0.2, 0) is 11.2 Å². The SMILES string of the molecule is CCc1nc(NC(=O)CCNC(=O)c2ccco2)sc1C. The predicted octanol–water partition coefficient (Wildman–Crippen LogP) is 2.37. The summed E-state index contributed by atoms with van der Waals surface area (Å²) in [7, 11) is 0. The molecule has 0 aliphatic carbocycles. The van der Waals surface area contributed by atoms with Crippen molar-refractivity contribution in [3.8, 4) is 0 Å². The summed E-state index contributed by atoms with van der Waals surface area (Å²) >= 11 is 1.46. The lowest BCUT2D eigenvalue weighted by atomic mass is 10.3. The Bertz CT molecular complexity index is 619. The molecule has 0 bridgehead atoms. The molecule has 6 nitrogen and oxygen atoms in total. The summed E-state index contributed by atoms with van der Waals surface area (Å²) in [6, 6.07) is 3.21. The molecule has 2 rings (SSSR count). The van der Waals surface area contributed by atoms with Crippen LogP contribution in [0, 0.1) is 6.92 Å². The minimum atomic E-state index is -0.328. The van der Waals surface area contributed by atoms with Crippen LogP contribution < -0.4 is 10.6 Å². The first kappa shape index (κ1) is 15.2. The van der Waals surface area contributed by atoms with Gasteiger partial charge in [0.05, 0.1) is 12.0 Å². The number of hydrogen-bond acceptors (Lipinski definition) is 5. The molecule has 0 atom stereocenters. The Morgan fingerprint density at radius 3 is 2.86 bits per heavy atom. The molecule has 0 aliphatic rings. The average Bonchev–Trinajstić information content (AvgIpc) is 3.08. The number of nitrogens with one attached hydrogen (secondary N) is 2. The third-order valence-electron chi connectivity index (χ3n) is 2.86. The summed E-state index contributed by atoms with van der Waals surface area (Å²) in [5.74, 6) is -0.268. The molecule has 0 unspecified atom stereocenters. The summed E-state index contributed by atoms with van der Waals surface area (Å²) in [5, 5.41) is 5.96. The van der Waals surface area contributed by atoms with E-state index in [0.717, 1.165) is 17.0 Å². The van der Waals surface area contributed by atoms with Crippen molar-refractivity contribution in [1.82, 2.24) is 10.3 Å². The van der Waals surface area contributed by atoms with Crippen LogP contribution in [0.5, 0.6) is 0 Å². The van der Waals surface area contributed by atoms with Crippen LogP contribution in [-0.4, -0.2) is 23.3 Å². The van der Waals surface area contributed by atoms with E-state index in [1.807, 2.05) is 13.8 Å². The highest BCUT2D eigenvalue weighted by Gasteiger charge is 2.11. The molecular formula is C14H17N3O3S. The van der Waals surface area contributed by atoms with Gasteiger partial charge in [0, 0.05) is 17.8 Å². The molecule has 0 spiro atoms. The summed E-state index contributed by atoms with van der Waals surface area (Å²) in [5.41, 5.74) is 1.00. The number of carbonyl (C=O) groups excluding carboxylic acids is 2. The predicted molar refractivity (Wildman–Crippen MR) is 80.5 cm³/mol. The van der Waals surface area contributed by atoms with Crippen LogP contribution >= 0.6 is 11.3 Å². The second-order valence-corrected chi connectivity index (χ2v) is 5.61. The highest BCUT2D eigenvalue weighted by molar-refractivity contribution is 7.15. The van der Waals surface area contributed by atoms with E-state index in [9.17, 15) is 9.59 Å². The molecule has 0 aromatic carbocycles. The van der Waals surface area contributed by atoms with Gasteiger partial charge in [-0.25, -0.2) is 4.98 Å². The first-order valence-corrected chi connectivity index (χ1v) is 7.49. The molecular weight excluding hydrogens is 290 g/mol. The van der Waals surface area contributed by atoms with Gasteiger partial charge in [-0.05, 0) is 25.5 Å². The Hall–Kier alpha value is -2.15. The molecule has 2 aromatic heterocycles. The first-order chi connectivity index (χ1) is 10.1. The number of carbonyl (C=O) groups is 2. The fourth-order valence-corrected chi connectivity index (χ4v) is 2.69. The number of rotatable bonds is 6. The van der Waals surface area contributed by atoms with Crippen molar-refractivity contribution in [1.29, 1.82) is 0 Å². The molecule has 0 fully saturated rings. The summed E-state index contributed by atoms with van der Waals surface area (Å²) in [6.45, 7) is 4.25. The smallest absolute Gasteiger partial charge is 0.286 e. The Morgan fingerprint density at radius 2 is 2.24 bits per heavy atom. The highest BCUT2D eigenvalue weighted by Crippen LogP contribution is 2.22. The molecule has 0 aliphatic heterocycles. The van der Waals surface area contributed by atoms with Crippen molar-refractivity contribution in [2.24, 2.45) is 0 Å².